The Hall–Kier alpha value is -2.65. The van der Waals surface area contributed by atoms with Gasteiger partial charge in [0.15, 0.2) is 0 Å². The Bertz CT molecular complexity index is 1120. The van der Waals surface area contributed by atoms with Gasteiger partial charge < -0.3 is 10.2 Å². The van der Waals surface area contributed by atoms with Crippen LogP contribution in [0.2, 0.25) is 0 Å². The third-order valence-corrected chi connectivity index (χ3v) is 5.81. The zero-order valence-electron chi connectivity index (χ0n) is 15.5. The molecule has 0 aliphatic heterocycles. The number of thiol groups is 1. The number of hydrogen-bond donors (Lipinski definition) is 1. The molecule has 0 unspecified atom stereocenters. The SMILES string of the molecule is [Be+2].[O-]c1ccc(-c2ccccc2)cc1Sc1cc(-c2ccccc2)cc(S)c1[O-]. The predicted octanol–water partition coefficient (Wildman–Crippen LogP) is 5.23. The Morgan fingerprint density at radius 1 is 0.586 bits per heavy atom. The average Bonchev–Trinajstić information content (AvgIpc) is 2.74. The maximum Gasteiger partial charge on any atom is 2.00 e. The topological polar surface area (TPSA) is 46.1 Å². The molecule has 4 aromatic rings. The molecule has 0 radical (unpaired) electrons. The van der Waals surface area contributed by atoms with Crippen molar-refractivity contribution in [2.24, 2.45) is 0 Å². The molecule has 0 N–H and O–H groups in total. The molecule has 0 heterocycles. The van der Waals surface area contributed by atoms with E-state index in [1.54, 1.807) is 12.1 Å². The molecule has 0 aromatic heterocycles. The molecule has 0 fully saturated rings. The van der Waals surface area contributed by atoms with Crippen LogP contribution < -0.4 is 10.2 Å². The summed E-state index contributed by atoms with van der Waals surface area (Å²) in [5.41, 5.74) is 3.87. The van der Waals surface area contributed by atoms with Crippen LogP contribution in [-0.2, 0) is 0 Å². The van der Waals surface area contributed by atoms with Gasteiger partial charge in [0, 0.05) is 9.79 Å². The first-order valence-electron chi connectivity index (χ1n) is 8.75. The van der Waals surface area contributed by atoms with Crippen molar-refractivity contribution < 1.29 is 10.2 Å². The third kappa shape index (κ3) is 4.68. The van der Waals surface area contributed by atoms with Gasteiger partial charge in [-0.25, -0.2) is 0 Å². The van der Waals surface area contributed by atoms with Gasteiger partial charge in [0.05, 0.1) is 0 Å². The second kappa shape index (κ2) is 9.23. The van der Waals surface area contributed by atoms with E-state index in [-0.39, 0.29) is 21.6 Å². The molecular weight excluding hydrogens is 393 g/mol. The molecule has 5 heteroatoms. The average molecular weight is 410 g/mol. The molecule has 138 valence electrons. The Labute approximate surface area is 183 Å². The van der Waals surface area contributed by atoms with Crippen molar-refractivity contribution in [3.63, 3.8) is 0 Å². The summed E-state index contributed by atoms with van der Waals surface area (Å²) in [7, 11) is 0. The Morgan fingerprint density at radius 2 is 1.14 bits per heavy atom. The van der Waals surface area contributed by atoms with Gasteiger partial charge in [-0.3, -0.25) is 0 Å². The zero-order chi connectivity index (χ0) is 19.5. The third-order valence-electron chi connectivity index (χ3n) is 4.41. The monoisotopic (exact) mass is 409 g/mol. The van der Waals surface area contributed by atoms with Crippen molar-refractivity contribution in [2.45, 2.75) is 14.7 Å². The van der Waals surface area contributed by atoms with Crippen LogP contribution in [0.15, 0.2) is 106 Å². The molecule has 0 saturated heterocycles. The minimum Gasteiger partial charge on any atom is -0.872 e. The van der Waals surface area contributed by atoms with E-state index in [1.165, 1.54) is 11.8 Å². The predicted molar refractivity (Wildman–Crippen MR) is 120 cm³/mol. The van der Waals surface area contributed by atoms with Gasteiger partial charge in [-0.05, 0) is 45.3 Å². The van der Waals surface area contributed by atoms with E-state index >= 15 is 0 Å². The molecule has 0 atom stereocenters. The Balaban J connectivity index is 0.00000240. The summed E-state index contributed by atoms with van der Waals surface area (Å²) in [6.45, 7) is 0. The van der Waals surface area contributed by atoms with Gasteiger partial charge in [0.25, 0.3) is 0 Å². The number of benzene rings is 4. The van der Waals surface area contributed by atoms with Crippen LogP contribution in [0.5, 0.6) is 11.5 Å². The van der Waals surface area contributed by atoms with Crippen LogP contribution in [0, 0.1) is 0 Å². The molecule has 4 rings (SSSR count). The van der Waals surface area contributed by atoms with Crippen molar-refractivity contribution in [3.8, 4) is 33.8 Å². The van der Waals surface area contributed by atoms with Crippen LogP contribution in [0.3, 0.4) is 0 Å². The standard InChI is InChI=1S/C24H18O2S2.Be/c25-20-12-11-18(16-7-3-1-4-8-16)14-22(20)28-23-15-19(13-21(27)24(23)26)17-9-5-2-6-10-17;/h1-15,25-27H;/q;+2/p-2. The molecular formula is C24H16BeO2S2. The largest absolute Gasteiger partial charge is 2.00 e. The molecule has 0 spiro atoms. The Kier molecular flexibility index (Phi) is 6.71. The maximum absolute atomic E-state index is 12.6. The molecule has 2 nitrogen and oxygen atoms in total. The fourth-order valence-electron chi connectivity index (χ4n) is 2.98. The van der Waals surface area contributed by atoms with Crippen molar-refractivity contribution in [1.82, 2.24) is 0 Å². The summed E-state index contributed by atoms with van der Waals surface area (Å²) < 4.78 is 0. The molecule has 29 heavy (non-hydrogen) atoms. The van der Waals surface area contributed by atoms with E-state index in [9.17, 15) is 10.2 Å². The van der Waals surface area contributed by atoms with Crippen molar-refractivity contribution in [2.75, 3.05) is 0 Å². The normalized spacial score (nSPS) is 10.4. The minimum absolute atomic E-state index is 0. The van der Waals surface area contributed by atoms with Crippen LogP contribution in [0.25, 0.3) is 22.3 Å². The Morgan fingerprint density at radius 3 is 1.76 bits per heavy atom. The molecule has 4 aromatic carbocycles. The van der Waals surface area contributed by atoms with Crippen LogP contribution >= 0.6 is 24.4 Å². The fourth-order valence-corrected chi connectivity index (χ4v) is 4.29. The van der Waals surface area contributed by atoms with E-state index in [0.29, 0.717) is 14.7 Å². The molecule has 0 bridgehead atoms. The first-order valence-corrected chi connectivity index (χ1v) is 10.0. The quantitative estimate of drug-likeness (QED) is 0.371. The molecule has 0 amide bonds. The van der Waals surface area contributed by atoms with Crippen LogP contribution in [0.4, 0.5) is 0 Å². The molecule has 0 aliphatic carbocycles. The smallest absolute Gasteiger partial charge is 0.872 e. The minimum atomic E-state index is -0.169. The summed E-state index contributed by atoms with van der Waals surface area (Å²) >= 11 is 5.55. The maximum atomic E-state index is 12.6. The first kappa shape index (κ1) is 21.1. The molecule has 0 saturated carbocycles. The van der Waals surface area contributed by atoms with E-state index in [4.69, 9.17) is 0 Å². The number of hydrogen-bond acceptors (Lipinski definition) is 4. The zero-order valence-corrected chi connectivity index (χ0v) is 17.3. The van der Waals surface area contributed by atoms with E-state index in [2.05, 4.69) is 12.6 Å². The van der Waals surface area contributed by atoms with Gasteiger partial charge in [-0.15, -0.1) is 12.6 Å². The summed E-state index contributed by atoms with van der Waals surface area (Å²) in [5.74, 6) is -0.271. The van der Waals surface area contributed by atoms with Gasteiger partial charge in [0.1, 0.15) is 0 Å². The van der Waals surface area contributed by atoms with E-state index in [1.807, 2.05) is 78.9 Å². The van der Waals surface area contributed by atoms with Crippen molar-refractivity contribution in [1.29, 1.82) is 0 Å². The van der Waals surface area contributed by atoms with E-state index < -0.39 is 0 Å². The van der Waals surface area contributed by atoms with Gasteiger partial charge >= 0.3 is 10.1 Å². The van der Waals surface area contributed by atoms with Crippen LogP contribution in [0.1, 0.15) is 0 Å². The summed E-state index contributed by atoms with van der Waals surface area (Å²) in [4.78, 5) is 1.39. The van der Waals surface area contributed by atoms with Crippen molar-refractivity contribution in [3.05, 3.63) is 91.0 Å². The van der Waals surface area contributed by atoms with Gasteiger partial charge in [-0.2, -0.15) is 0 Å². The second-order valence-electron chi connectivity index (χ2n) is 6.32. The summed E-state index contributed by atoms with van der Waals surface area (Å²) in [6.07, 6.45) is 0. The van der Waals surface area contributed by atoms with Crippen LogP contribution in [-0.4, -0.2) is 10.1 Å². The summed E-state index contributed by atoms with van der Waals surface area (Å²) in [6, 6.07) is 28.5. The second-order valence-corrected chi connectivity index (χ2v) is 7.88. The summed E-state index contributed by atoms with van der Waals surface area (Å²) in [5, 5.41) is 25.0. The first-order chi connectivity index (χ1) is 13.6. The molecule has 0 aliphatic rings. The number of rotatable bonds is 4. The fraction of sp³-hybridized carbons (Fsp3) is 0. The van der Waals surface area contributed by atoms with E-state index in [0.717, 1.165) is 22.3 Å². The van der Waals surface area contributed by atoms with Gasteiger partial charge in [0.2, 0.25) is 0 Å². The van der Waals surface area contributed by atoms with Crippen molar-refractivity contribution >= 4 is 34.5 Å². The van der Waals surface area contributed by atoms with Gasteiger partial charge in [-0.1, -0.05) is 96.1 Å².